The summed E-state index contributed by atoms with van der Waals surface area (Å²) in [6.07, 6.45) is 4.23. The molecule has 0 saturated heterocycles. The largest absolute Gasteiger partial charge is 0.497 e. The SMILES string of the molecule is COc1cccc(C(=O)[C@@H]2[C@@H](c3ccccc3)C23C=C(C(C)(C)C)C(=O)C(C(C)(C)C)=C3)c1. The van der Waals surface area contributed by atoms with Crippen LogP contribution in [0.5, 0.6) is 5.75 Å². The Balaban J connectivity index is 1.92. The summed E-state index contributed by atoms with van der Waals surface area (Å²) in [4.78, 5) is 27.5. The van der Waals surface area contributed by atoms with Crippen LogP contribution in [0.15, 0.2) is 77.9 Å². The zero-order valence-corrected chi connectivity index (χ0v) is 20.7. The third-order valence-electron chi connectivity index (χ3n) is 6.99. The summed E-state index contributed by atoms with van der Waals surface area (Å²) in [5, 5.41) is 0. The van der Waals surface area contributed by atoms with E-state index < -0.39 is 5.41 Å². The van der Waals surface area contributed by atoms with Crippen molar-refractivity contribution in [3.63, 3.8) is 0 Å². The third kappa shape index (κ3) is 3.99. The number of carbonyl (C=O) groups is 2. The molecule has 0 bridgehead atoms. The van der Waals surface area contributed by atoms with Crippen molar-refractivity contribution in [3.05, 3.63) is 89.0 Å². The number of ketones is 2. The second-order valence-electron chi connectivity index (χ2n) is 11.4. The molecule has 1 saturated carbocycles. The minimum Gasteiger partial charge on any atom is -0.497 e. The highest BCUT2D eigenvalue weighted by atomic mass is 16.5. The normalized spacial score (nSPS) is 22.0. The molecule has 2 aliphatic carbocycles. The van der Waals surface area contributed by atoms with E-state index in [1.54, 1.807) is 7.11 Å². The molecule has 2 aliphatic rings. The Bertz CT molecular complexity index is 1120. The highest BCUT2D eigenvalue weighted by molar-refractivity contribution is 6.12. The lowest BCUT2D eigenvalue weighted by molar-refractivity contribution is -0.114. The topological polar surface area (TPSA) is 43.4 Å². The molecule has 1 fully saturated rings. The number of ether oxygens (including phenoxy) is 1. The number of allylic oxidation sites excluding steroid dienone is 4. The van der Waals surface area contributed by atoms with Crippen LogP contribution >= 0.6 is 0 Å². The molecule has 2 atom stereocenters. The summed E-state index contributed by atoms with van der Waals surface area (Å²) in [5.41, 5.74) is 2.23. The Hall–Kier alpha value is -2.94. The Labute approximate surface area is 197 Å². The van der Waals surface area contributed by atoms with Crippen LogP contribution in [0.25, 0.3) is 0 Å². The van der Waals surface area contributed by atoms with Crippen molar-refractivity contribution >= 4 is 11.6 Å². The molecule has 0 heterocycles. The van der Waals surface area contributed by atoms with Crippen molar-refractivity contribution in [1.82, 2.24) is 0 Å². The molecule has 3 nitrogen and oxygen atoms in total. The fourth-order valence-electron chi connectivity index (χ4n) is 5.19. The molecule has 0 aliphatic heterocycles. The maximum Gasteiger partial charge on any atom is 0.185 e. The van der Waals surface area contributed by atoms with E-state index in [-0.39, 0.29) is 34.2 Å². The highest BCUT2D eigenvalue weighted by Crippen LogP contribution is 2.70. The number of Topliss-reactive ketones (excluding diaryl/α,β-unsaturated/α-hetero) is 2. The number of carbonyl (C=O) groups excluding carboxylic acids is 2. The van der Waals surface area contributed by atoms with Gasteiger partial charge < -0.3 is 4.74 Å². The van der Waals surface area contributed by atoms with Crippen LogP contribution in [0.2, 0.25) is 0 Å². The van der Waals surface area contributed by atoms with Crippen molar-refractivity contribution in [1.29, 1.82) is 0 Å². The minimum absolute atomic E-state index is 0.0137. The van der Waals surface area contributed by atoms with Gasteiger partial charge in [-0.2, -0.15) is 0 Å². The lowest BCUT2D eigenvalue weighted by atomic mass is 9.69. The zero-order valence-electron chi connectivity index (χ0n) is 20.7. The quantitative estimate of drug-likeness (QED) is 0.489. The highest BCUT2D eigenvalue weighted by Gasteiger charge is 2.67. The number of methoxy groups -OCH3 is 1. The molecule has 0 N–H and O–H groups in total. The van der Waals surface area contributed by atoms with E-state index in [1.165, 1.54) is 0 Å². The van der Waals surface area contributed by atoms with Crippen molar-refractivity contribution in [2.45, 2.75) is 47.5 Å². The lowest BCUT2D eigenvalue weighted by Gasteiger charge is -2.34. The van der Waals surface area contributed by atoms with E-state index >= 15 is 0 Å². The average molecular weight is 443 g/mol. The van der Waals surface area contributed by atoms with Gasteiger partial charge in [-0.3, -0.25) is 9.59 Å². The molecule has 0 amide bonds. The summed E-state index contributed by atoms with van der Waals surface area (Å²) in [7, 11) is 1.61. The van der Waals surface area contributed by atoms with Crippen molar-refractivity contribution in [2.75, 3.05) is 7.11 Å². The molecular formula is C30H34O3. The van der Waals surface area contributed by atoms with Gasteiger partial charge in [0.15, 0.2) is 11.6 Å². The minimum atomic E-state index is -0.513. The number of hydrogen-bond acceptors (Lipinski definition) is 3. The van der Waals surface area contributed by atoms with E-state index in [2.05, 4.69) is 65.8 Å². The predicted molar refractivity (Wildman–Crippen MR) is 133 cm³/mol. The first-order valence-electron chi connectivity index (χ1n) is 11.6. The lowest BCUT2D eigenvalue weighted by Crippen LogP contribution is -2.31. The smallest absolute Gasteiger partial charge is 0.185 e. The number of rotatable bonds is 4. The van der Waals surface area contributed by atoms with Gasteiger partial charge in [-0.25, -0.2) is 0 Å². The molecule has 0 unspecified atom stereocenters. The molecule has 2 aromatic carbocycles. The summed E-state index contributed by atoms with van der Waals surface area (Å²) in [6.45, 7) is 12.5. The molecule has 0 aromatic heterocycles. The first kappa shape index (κ1) is 23.2. The first-order chi connectivity index (χ1) is 15.4. The second kappa shape index (κ2) is 7.83. The van der Waals surface area contributed by atoms with E-state index in [0.29, 0.717) is 11.3 Å². The van der Waals surface area contributed by atoms with E-state index in [1.807, 2.05) is 42.5 Å². The van der Waals surface area contributed by atoms with Gasteiger partial charge in [-0.05, 0) is 28.5 Å². The fourth-order valence-corrected chi connectivity index (χ4v) is 5.19. The summed E-state index contributed by atoms with van der Waals surface area (Å²) >= 11 is 0. The number of benzene rings is 2. The first-order valence-corrected chi connectivity index (χ1v) is 11.6. The summed E-state index contributed by atoms with van der Waals surface area (Å²) in [6, 6.07) is 17.6. The standard InChI is InChI=1S/C30H34O3/c1-28(2,3)22-17-30(18-23(27(22)32)29(4,5)6)24(19-12-9-8-10-13-19)25(30)26(31)20-14-11-15-21(16-20)33-7/h8-18,24-25H,1-7H3/t24-,25+/m1/s1. The monoisotopic (exact) mass is 442 g/mol. The molecule has 2 aromatic rings. The Morgan fingerprint density at radius 1 is 0.848 bits per heavy atom. The van der Waals surface area contributed by atoms with Crippen LogP contribution < -0.4 is 4.74 Å². The van der Waals surface area contributed by atoms with Crippen LogP contribution in [-0.2, 0) is 4.79 Å². The molecule has 1 spiro atoms. The van der Waals surface area contributed by atoms with Gasteiger partial charge in [0, 0.05) is 34.0 Å². The zero-order chi connectivity index (χ0) is 24.2. The molecule has 4 rings (SSSR count). The summed E-state index contributed by atoms with van der Waals surface area (Å²) in [5.74, 6) is 0.579. The molecule has 172 valence electrons. The van der Waals surface area contributed by atoms with Gasteiger partial charge in [-0.15, -0.1) is 0 Å². The summed E-state index contributed by atoms with van der Waals surface area (Å²) < 4.78 is 5.37. The maximum absolute atomic E-state index is 13.9. The van der Waals surface area contributed by atoms with Gasteiger partial charge in [0.2, 0.25) is 0 Å². The van der Waals surface area contributed by atoms with E-state index in [0.717, 1.165) is 16.7 Å². The van der Waals surface area contributed by atoms with Crippen LogP contribution in [0, 0.1) is 22.2 Å². The van der Waals surface area contributed by atoms with E-state index in [9.17, 15) is 9.59 Å². The third-order valence-corrected chi connectivity index (χ3v) is 6.99. The van der Waals surface area contributed by atoms with Crippen LogP contribution in [0.3, 0.4) is 0 Å². The van der Waals surface area contributed by atoms with Gasteiger partial charge in [0.25, 0.3) is 0 Å². The van der Waals surface area contributed by atoms with Gasteiger partial charge in [0.1, 0.15) is 5.75 Å². The van der Waals surface area contributed by atoms with Crippen LogP contribution in [0.1, 0.15) is 63.4 Å². The van der Waals surface area contributed by atoms with E-state index in [4.69, 9.17) is 4.74 Å². The molecule has 33 heavy (non-hydrogen) atoms. The van der Waals surface area contributed by atoms with Gasteiger partial charge in [-0.1, -0.05) is 96.2 Å². The Kier molecular flexibility index (Phi) is 5.51. The Morgan fingerprint density at radius 2 is 1.42 bits per heavy atom. The fraction of sp³-hybridized carbons (Fsp3) is 0.400. The molecular weight excluding hydrogens is 408 g/mol. The van der Waals surface area contributed by atoms with Crippen molar-refractivity contribution < 1.29 is 14.3 Å². The van der Waals surface area contributed by atoms with Gasteiger partial charge >= 0.3 is 0 Å². The Morgan fingerprint density at radius 3 is 1.94 bits per heavy atom. The van der Waals surface area contributed by atoms with Crippen molar-refractivity contribution in [2.24, 2.45) is 22.2 Å². The average Bonchev–Trinajstić information content (AvgIpc) is 3.40. The van der Waals surface area contributed by atoms with Crippen LogP contribution in [-0.4, -0.2) is 18.7 Å². The number of hydrogen-bond donors (Lipinski definition) is 0. The maximum atomic E-state index is 13.9. The predicted octanol–water partition coefficient (Wildman–Crippen LogP) is 6.81. The van der Waals surface area contributed by atoms with Gasteiger partial charge in [0.05, 0.1) is 7.11 Å². The molecule has 3 heteroatoms. The molecule has 0 radical (unpaired) electrons. The second-order valence-corrected chi connectivity index (χ2v) is 11.4. The van der Waals surface area contributed by atoms with Crippen molar-refractivity contribution in [3.8, 4) is 5.75 Å². The van der Waals surface area contributed by atoms with Crippen LogP contribution in [0.4, 0.5) is 0 Å².